The summed E-state index contributed by atoms with van der Waals surface area (Å²) in [6, 6.07) is 8.30. The van der Waals surface area contributed by atoms with Crippen LogP contribution in [-0.4, -0.2) is 15.9 Å². The Balaban J connectivity index is 1.65. The molecule has 0 unspecified atom stereocenters. The summed E-state index contributed by atoms with van der Waals surface area (Å²) < 4.78 is 28.3. The first-order chi connectivity index (χ1) is 14.5. The van der Waals surface area contributed by atoms with Gasteiger partial charge in [0, 0.05) is 6.20 Å². The highest BCUT2D eigenvalue weighted by Gasteiger charge is 2.22. The van der Waals surface area contributed by atoms with Crippen LogP contribution in [0, 0.1) is 11.6 Å². The van der Waals surface area contributed by atoms with Gasteiger partial charge in [-0.25, -0.2) is 13.8 Å². The van der Waals surface area contributed by atoms with Gasteiger partial charge in [0.05, 0.1) is 28.8 Å². The van der Waals surface area contributed by atoms with Gasteiger partial charge in [-0.3, -0.25) is 9.78 Å². The monoisotopic (exact) mass is 408 g/mol. The molecule has 0 aliphatic heterocycles. The number of nitrogens with one attached hydrogen (secondary N) is 1. The normalized spacial score (nSPS) is 14.5. The summed E-state index contributed by atoms with van der Waals surface area (Å²) in [5.41, 5.74) is 7.34. The van der Waals surface area contributed by atoms with Crippen LogP contribution in [0.1, 0.15) is 54.1 Å². The van der Waals surface area contributed by atoms with E-state index in [9.17, 15) is 13.6 Å². The number of rotatable bonds is 4. The SMILES string of the molecule is Nc1ccc(-c2c(F)cccc2F)nc1C(=O)Nc1cnccc1C1CCCCC1. The predicted molar refractivity (Wildman–Crippen MR) is 112 cm³/mol. The smallest absolute Gasteiger partial charge is 0.276 e. The number of halogens is 2. The summed E-state index contributed by atoms with van der Waals surface area (Å²) in [6.45, 7) is 0. The molecular formula is C23H22F2N4O. The zero-order chi connectivity index (χ0) is 21.1. The summed E-state index contributed by atoms with van der Waals surface area (Å²) in [7, 11) is 0. The van der Waals surface area contributed by atoms with Crippen molar-refractivity contribution in [1.29, 1.82) is 0 Å². The van der Waals surface area contributed by atoms with Crippen LogP contribution in [-0.2, 0) is 0 Å². The number of hydrogen-bond donors (Lipinski definition) is 2. The largest absolute Gasteiger partial charge is 0.397 e. The van der Waals surface area contributed by atoms with Crippen LogP contribution in [0.25, 0.3) is 11.3 Å². The lowest BCUT2D eigenvalue weighted by atomic mass is 9.84. The van der Waals surface area contributed by atoms with Gasteiger partial charge in [0.25, 0.3) is 5.91 Å². The van der Waals surface area contributed by atoms with Crippen LogP contribution in [0.4, 0.5) is 20.2 Å². The van der Waals surface area contributed by atoms with Crippen LogP contribution in [0.2, 0.25) is 0 Å². The summed E-state index contributed by atoms with van der Waals surface area (Å²) in [5, 5.41) is 2.84. The van der Waals surface area contributed by atoms with Gasteiger partial charge in [0.2, 0.25) is 0 Å². The summed E-state index contributed by atoms with van der Waals surface area (Å²) in [4.78, 5) is 21.3. The molecule has 1 fully saturated rings. The molecule has 3 aromatic rings. The van der Waals surface area contributed by atoms with Gasteiger partial charge in [-0.2, -0.15) is 0 Å². The Kier molecular flexibility index (Phi) is 5.70. The molecule has 1 saturated carbocycles. The van der Waals surface area contributed by atoms with Crippen molar-refractivity contribution in [2.75, 3.05) is 11.1 Å². The van der Waals surface area contributed by atoms with E-state index in [1.807, 2.05) is 6.07 Å². The average Bonchev–Trinajstić information content (AvgIpc) is 2.75. The zero-order valence-corrected chi connectivity index (χ0v) is 16.4. The third kappa shape index (κ3) is 4.01. The third-order valence-corrected chi connectivity index (χ3v) is 5.51. The highest BCUT2D eigenvalue weighted by atomic mass is 19.1. The maximum Gasteiger partial charge on any atom is 0.276 e. The molecule has 2 aromatic heterocycles. The lowest BCUT2D eigenvalue weighted by molar-refractivity contribution is 0.102. The minimum absolute atomic E-state index is 0.00337. The van der Waals surface area contributed by atoms with E-state index in [2.05, 4.69) is 15.3 Å². The molecule has 2 heterocycles. The molecular weight excluding hydrogens is 386 g/mol. The predicted octanol–water partition coefficient (Wildman–Crippen LogP) is 5.30. The number of hydrogen-bond acceptors (Lipinski definition) is 4. The molecule has 1 aliphatic carbocycles. The average molecular weight is 408 g/mol. The maximum atomic E-state index is 14.2. The maximum absolute atomic E-state index is 14.2. The van der Waals surface area contributed by atoms with Crippen LogP contribution >= 0.6 is 0 Å². The van der Waals surface area contributed by atoms with Crippen molar-refractivity contribution in [2.45, 2.75) is 38.0 Å². The molecule has 30 heavy (non-hydrogen) atoms. The van der Waals surface area contributed by atoms with Gasteiger partial charge in [-0.15, -0.1) is 0 Å². The fourth-order valence-corrected chi connectivity index (χ4v) is 3.99. The van der Waals surface area contributed by atoms with Crippen molar-refractivity contribution < 1.29 is 13.6 Å². The van der Waals surface area contributed by atoms with Crippen LogP contribution in [0.15, 0.2) is 48.8 Å². The Morgan fingerprint density at radius 3 is 2.50 bits per heavy atom. The van der Waals surface area contributed by atoms with E-state index in [4.69, 9.17) is 5.73 Å². The number of nitrogens with two attached hydrogens (primary N) is 1. The number of benzene rings is 1. The van der Waals surface area contributed by atoms with Crippen LogP contribution < -0.4 is 11.1 Å². The molecule has 0 spiro atoms. The van der Waals surface area contributed by atoms with Gasteiger partial charge in [-0.05, 0) is 54.7 Å². The minimum Gasteiger partial charge on any atom is -0.397 e. The Morgan fingerprint density at radius 1 is 1.03 bits per heavy atom. The number of anilines is 2. The Bertz CT molecular complexity index is 1060. The molecule has 1 aliphatic rings. The van der Waals surface area contributed by atoms with Gasteiger partial charge in [-0.1, -0.05) is 25.3 Å². The molecule has 4 rings (SSSR count). The molecule has 1 amide bonds. The van der Waals surface area contributed by atoms with E-state index in [0.717, 1.165) is 43.4 Å². The van der Waals surface area contributed by atoms with Gasteiger partial charge >= 0.3 is 0 Å². The number of aromatic nitrogens is 2. The van der Waals surface area contributed by atoms with E-state index in [1.165, 1.54) is 24.6 Å². The van der Waals surface area contributed by atoms with Crippen molar-refractivity contribution in [3.63, 3.8) is 0 Å². The topological polar surface area (TPSA) is 80.9 Å². The van der Waals surface area contributed by atoms with Crippen molar-refractivity contribution in [3.05, 3.63) is 71.7 Å². The molecule has 0 saturated heterocycles. The standard InChI is InChI=1S/C23H22F2N4O/c24-16-7-4-8-17(25)21(16)19-10-9-18(26)22(28-19)23(30)29-20-13-27-12-11-15(20)14-5-2-1-3-6-14/h4,7-14H,1-3,5-6,26H2,(H,29,30). The lowest BCUT2D eigenvalue weighted by Crippen LogP contribution is -2.18. The zero-order valence-electron chi connectivity index (χ0n) is 16.4. The highest BCUT2D eigenvalue weighted by molar-refractivity contribution is 6.06. The summed E-state index contributed by atoms with van der Waals surface area (Å²) in [6.07, 6.45) is 9.00. The van der Waals surface area contributed by atoms with E-state index in [-0.39, 0.29) is 22.6 Å². The molecule has 3 N–H and O–H groups in total. The third-order valence-electron chi connectivity index (χ3n) is 5.51. The van der Waals surface area contributed by atoms with E-state index in [1.54, 1.807) is 12.4 Å². The first kappa shape index (κ1) is 19.9. The van der Waals surface area contributed by atoms with Crippen molar-refractivity contribution in [3.8, 4) is 11.3 Å². The molecule has 154 valence electrons. The first-order valence-corrected chi connectivity index (χ1v) is 10.0. The second-order valence-corrected chi connectivity index (χ2v) is 7.48. The van der Waals surface area contributed by atoms with Gasteiger partial charge in [0.1, 0.15) is 11.6 Å². The minimum atomic E-state index is -0.759. The lowest BCUT2D eigenvalue weighted by Gasteiger charge is -2.24. The molecule has 0 bridgehead atoms. The quantitative estimate of drug-likeness (QED) is 0.613. The second kappa shape index (κ2) is 8.57. The number of nitrogens with zero attached hydrogens (tertiary/aromatic N) is 2. The summed E-state index contributed by atoms with van der Waals surface area (Å²) >= 11 is 0. The first-order valence-electron chi connectivity index (χ1n) is 10.0. The number of carbonyl (C=O) groups excluding carboxylic acids is 1. The van der Waals surface area contributed by atoms with Gasteiger partial charge < -0.3 is 11.1 Å². The van der Waals surface area contributed by atoms with Crippen molar-refractivity contribution >= 4 is 17.3 Å². The molecule has 0 radical (unpaired) electrons. The number of carbonyl (C=O) groups is 1. The van der Waals surface area contributed by atoms with E-state index < -0.39 is 17.5 Å². The van der Waals surface area contributed by atoms with Gasteiger partial charge in [0.15, 0.2) is 5.69 Å². The Hall–Kier alpha value is -3.35. The van der Waals surface area contributed by atoms with E-state index in [0.29, 0.717) is 11.6 Å². The van der Waals surface area contributed by atoms with E-state index >= 15 is 0 Å². The molecule has 5 nitrogen and oxygen atoms in total. The highest BCUT2D eigenvalue weighted by Crippen LogP contribution is 2.36. The number of pyridine rings is 2. The Morgan fingerprint density at radius 2 is 1.77 bits per heavy atom. The van der Waals surface area contributed by atoms with Crippen molar-refractivity contribution in [2.24, 2.45) is 0 Å². The molecule has 7 heteroatoms. The van der Waals surface area contributed by atoms with Crippen LogP contribution in [0.3, 0.4) is 0 Å². The number of amides is 1. The fraction of sp³-hybridized carbons (Fsp3) is 0.261. The van der Waals surface area contributed by atoms with Crippen LogP contribution in [0.5, 0.6) is 0 Å². The molecule has 0 atom stereocenters. The second-order valence-electron chi connectivity index (χ2n) is 7.48. The Labute approximate surface area is 173 Å². The summed E-state index contributed by atoms with van der Waals surface area (Å²) in [5.74, 6) is -1.70. The molecule has 1 aromatic carbocycles. The number of nitrogen functional groups attached to an aromatic ring is 1. The fourth-order valence-electron chi connectivity index (χ4n) is 3.99. The van der Waals surface area contributed by atoms with Crippen molar-refractivity contribution in [1.82, 2.24) is 9.97 Å².